The number of benzene rings is 1. The van der Waals surface area contributed by atoms with Crippen LogP contribution in [-0.4, -0.2) is 35.4 Å². The van der Waals surface area contributed by atoms with Crippen molar-refractivity contribution in [2.24, 2.45) is 5.41 Å². The normalized spacial score (nSPS) is 22.5. The standard InChI is InChI=1S/C23H18ClF7N2O4/c24-15-2-1-13(3-16(15)25)37-8-19(35)33-21-9-20(10-21,11-21)6-12(34)7-36-14-4-17(22(26,27)28)32-18(5-14)23(29,30)31/h1-5H,6-11H2,(H,33,35). The van der Waals surface area contributed by atoms with E-state index in [2.05, 4.69) is 10.3 Å². The van der Waals surface area contributed by atoms with Gasteiger partial charge in [0.25, 0.3) is 5.91 Å². The van der Waals surface area contributed by atoms with Crippen LogP contribution >= 0.6 is 11.6 Å². The molecule has 0 aliphatic heterocycles. The molecule has 37 heavy (non-hydrogen) atoms. The zero-order chi connectivity index (χ0) is 27.2. The summed E-state index contributed by atoms with van der Waals surface area (Å²) in [7, 11) is 0. The first-order chi connectivity index (χ1) is 17.1. The number of rotatable bonds is 9. The van der Waals surface area contributed by atoms with Gasteiger partial charge < -0.3 is 14.8 Å². The van der Waals surface area contributed by atoms with E-state index in [9.17, 15) is 40.3 Å². The number of pyridine rings is 1. The van der Waals surface area contributed by atoms with Gasteiger partial charge in [-0.25, -0.2) is 9.37 Å². The van der Waals surface area contributed by atoms with E-state index in [1.807, 2.05) is 0 Å². The van der Waals surface area contributed by atoms with Gasteiger partial charge in [0.2, 0.25) is 0 Å². The fourth-order valence-electron chi connectivity index (χ4n) is 4.88. The molecule has 0 saturated heterocycles. The van der Waals surface area contributed by atoms with Gasteiger partial charge >= 0.3 is 12.4 Å². The second-order valence-electron chi connectivity index (χ2n) is 9.30. The van der Waals surface area contributed by atoms with Crippen LogP contribution in [0.25, 0.3) is 0 Å². The van der Waals surface area contributed by atoms with Crippen molar-refractivity contribution in [1.82, 2.24) is 10.3 Å². The van der Waals surface area contributed by atoms with Gasteiger partial charge in [0.1, 0.15) is 35.3 Å². The number of halogens is 8. The van der Waals surface area contributed by atoms with Gasteiger partial charge in [-0.15, -0.1) is 0 Å². The van der Waals surface area contributed by atoms with E-state index in [0.717, 1.165) is 6.07 Å². The summed E-state index contributed by atoms with van der Waals surface area (Å²) in [5.41, 5.74) is -4.50. The zero-order valence-electron chi connectivity index (χ0n) is 18.7. The number of alkyl halides is 6. The Morgan fingerprint density at radius 3 is 2.03 bits per heavy atom. The van der Waals surface area contributed by atoms with Gasteiger partial charge in [-0.05, 0) is 36.8 Å². The minimum atomic E-state index is -5.13. The van der Waals surface area contributed by atoms with E-state index >= 15 is 0 Å². The molecular weight excluding hydrogens is 537 g/mol. The molecule has 3 aliphatic rings. The number of aromatic nitrogens is 1. The lowest BCUT2D eigenvalue weighted by molar-refractivity contribution is -0.173. The topological polar surface area (TPSA) is 77.5 Å². The number of amides is 1. The number of ketones is 1. The summed E-state index contributed by atoms with van der Waals surface area (Å²) in [6.07, 6.45) is -8.86. The van der Waals surface area contributed by atoms with Crippen LogP contribution in [0.5, 0.6) is 11.5 Å². The maximum atomic E-state index is 13.4. The summed E-state index contributed by atoms with van der Waals surface area (Å²) in [5, 5.41) is 2.72. The summed E-state index contributed by atoms with van der Waals surface area (Å²) in [4.78, 5) is 27.1. The number of nitrogens with one attached hydrogen (secondary N) is 1. The van der Waals surface area contributed by atoms with E-state index in [0.29, 0.717) is 31.4 Å². The lowest BCUT2D eigenvalue weighted by Crippen LogP contribution is -2.75. The lowest BCUT2D eigenvalue weighted by Gasteiger charge is -2.70. The van der Waals surface area contributed by atoms with Crippen molar-refractivity contribution in [2.75, 3.05) is 13.2 Å². The minimum absolute atomic E-state index is 0.00544. The Morgan fingerprint density at radius 1 is 0.919 bits per heavy atom. The van der Waals surface area contributed by atoms with E-state index in [-0.39, 0.29) is 23.8 Å². The Hall–Kier alpha value is -3.09. The van der Waals surface area contributed by atoms with Gasteiger partial charge in [0.15, 0.2) is 12.4 Å². The molecule has 0 atom stereocenters. The Balaban J connectivity index is 1.24. The second-order valence-corrected chi connectivity index (χ2v) is 9.70. The molecule has 5 rings (SSSR count). The van der Waals surface area contributed by atoms with Crippen LogP contribution in [-0.2, 0) is 21.9 Å². The van der Waals surface area contributed by atoms with Crippen LogP contribution in [0, 0.1) is 11.2 Å². The molecule has 200 valence electrons. The van der Waals surface area contributed by atoms with Crippen LogP contribution in [0.15, 0.2) is 30.3 Å². The van der Waals surface area contributed by atoms with Gasteiger partial charge in [-0.3, -0.25) is 9.59 Å². The monoisotopic (exact) mass is 554 g/mol. The van der Waals surface area contributed by atoms with Crippen LogP contribution in [0.4, 0.5) is 30.7 Å². The van der Waals surface area contributed by atoms with Crippen LogP contribution in [0.2, 0.25) is 5.02 Å². The molecule has 14 heteroatoms. The van der Waals surface area contributed by atoms with Crippen LogP contribution in [0.1, 0.15) is 37.1 Å². The zero-order valence-corrected chi connectivity index (χ0v) is 19.5. The number of carbonyl (C=O) groups is 2. The van der Waals surface area contributed by atoms with E-state index in [4.69, 9.17) is 21.1 Å². The number of hydrogen-bond acceptors (Lipinski definition) is 5. The number of ether oxygens (including phenoxy) is 2. The third-order valence-electron chi connectivity index (χ3n) is 6.16. The molecule has 3 saturated carbocycles. The Bertz CT molecular complexity index is 1180. The van der Waals surface area contributed by atoms with Gasteiger partial charge in [-0.2, -0.15) is 26.3 Å². The molecule has 1 heterocycles. The quantitative estimate of drug-likeness (QED) is 0.422. The maximum absolute atomic E-state index is 13.4. The van der Waals surface area contributed by atoms with Gasteiger partial charge in [0.05, 0.1) is 5.02 Å². The number of carbonyl (C=O) groups excluding carboxylic acids is 2. The first-order valence-electron chi connectivity index (χ1n) is 10.8. The van der Waals surface area contributed by atoms with Crippen molar-refractivity contribution < 1.29 is 49.8 Å². The Labute approximate surface area is 210 Å². The number of Topliss-reactive ketones (excluding diaryl/α,β-unsaturated/α-hetero) is 1. The molecule has 1 N–H and O–H groups in total. The van der Waals surface area contributed by atoms with Gasteiger partial charge in [0, 0.05) is 30.2 Å². The minimum Gasteiger partial charge on any atom is -0.486 e. The highest BCUT2D eigenvalue weighted by atomic mass is 35.5. The number of hydrogen-bond donors (Lipinski definition) is 1. The van der Waals surface area contributed by atoms with Crippen molar-refractivity contribution in [3.63, 3.8) is 0 Å². The highest BCUT2D eigenvalue weighted by molar-refractivity contribution is 6.30. The maximum Gasteiger partial charge on any atom is 0.433 e. The van der Waals surface area contributed by atoms with E-state index in [1.54, 1.807) is 0 Å². The molecule has 1 aromatic carbocycles. The molecule has 1 aromatic heterocycles. The average Bonchev–Trinajstić information content (AvgIpc) is 2.75. The molecule has 0 radical (unpaired) electrons. The largest absolute Gasteiger partial charge is 0.486 e. The molecule has 3 fully saturated rings. The molecule has 3 aliphatic carbocycles. The predicted molar refractivity (Wildman–Crippen MR) is 113 cm³/mol. The third-order valence-corrected chi connectivity index (χ3v) is 6.46. The Kier molecular flexibility index (Phi) is 6.80. The molecule has 2 aromatic rings. The summed E-state index contributed by atoms with van der Waals surface area (Å²) < 4.78 is 101. The van der Waals surface area contributed by atoms with Crippen molar-refractivity contribution in [3.8, 4) is 11.5 Å². The van der Waals surface area contributed by atoms with Crippen LogP contribution < -0.4 is 14.8 Å². The summed E-state index contributed by atoms with van der Waals surface area (Å²) in [6, 6.07) is 4.33. The molecule has 1 amide bonds. The van der Waals surface area contributed by atoms with E-state index in [1.165, 1.54) is 12.1 Å². The SMILES string of the molecule is O=C(COc1cc(C(F)(F)F)nc(C(F)(F)F)c1)CC12CC(NC(=O)COc3ccc(Cl)c(F)c3)(C1)C2. The van der Waals surface area contributed by atoms with Crippen molar-refractivity contribution in [1.29, 1.82) is 0 Å². The lowest BCUT2D eigenvalue weighted by atomic mass is 9.38. The molecular formula is C23H18ClF7N2O4. The highest BCUT2D eigenvalue weighted by Gasteiger charge is 2.68. The van der Waals surface area contributed by atoms with Crippen LogP contribution in [0.3, 0.4) is 0 Å². The van der Waals surface area contributed by atoms with Crippen molar-refractivity contribution >= 4 is 23.3 Å². The molecule has 0 spiro atoms. The summed E-state index contributed by atoms with van der Waals surface area (Å²) >= 11 is 5.58. The average molecular weight is 555 g/mol. The van der Waals surface area contributed by atoms with Gasteiger partial charge in [-0.1, -0.05) is 11.6 Å². The second kappa shape index (κ2) is 9.34. The summed E-state index contributed by atoms with van der Waals surface area (Å²) in [5.74, 6) is -2.30. The Morgan fingerprint density at radius 2 is 1.49 bits per heavy atom. The third kappa shape index (κ3) is 6.08. The summed E-state index contributed by atoms with van der Waals surface area (Å²) in [6.45, 7) is -1.08. The van der Waals surface area contributed by atoms with E-state index < -0.39 is 64.6 Å². The molecule has 2 bridgehead atoms. The smallest absolute Gasteiger partial charge is 0.433 e. The molecule has 6 nitrogen and oxygen atoms in total. The van der Waals surface area contributed by atoms with Crippen molar-refractivity contribution in [2.45, 2.75) is 43.6 Å². The fourth-order valence-corrected chi connectivity index (χ4v) is 5.00. The first kappa shape index (κ1) is 27.0. The number of nitrogens with zero attached hydrogens (tertiary/aromatic N) is 1. The fraction of sp³-hybridized carbons (Fsp3) is 0.435. The predicted octanol–water partition coefficient (Wildman–Crippen LogP) is 5.37. The van der Waals surface area contributed by atoms with Crippen molar-refractivity contribution in [3.05, 3.63) is 52.6 Å². The molecule has 0 unspecified atom stereocenters. The first-order valence-corrected chi connectivity index (χ1v) is 11.2. The highest BCUT2D eigenvalue weighted by Crippen LogP contribution is 2.69.